The van der Waals surface area contributed by atoms with E-state index in [9.17, 15) is 9.18 Å². The molecule has 0 bridgehead atoms. The normalized spacial score (nSPS) is 11.2. The molecule has 0 aliphatic rings. The molecule has 1 rings (SSSR count). The molecule has 0 saturated heterocycles. The van der Waals surface area contributed by atoms with Crippen LogP contribution in [0.3, 0.4) is 0 Å². The van der Waals surface area contributed by atoms with Crippen LogP contribution in [0.4, 0.5) is 4.39 Å². The summed E-state index contributed by atoms with van der Waals surface area (Å²) in [6, 6.07) is 5.56. The molecule has 0 atom stereocenters. The number of unbranched alkanes of at least 4 members (excludes halogenated alkanes) is 2. The zero-order valence-electron chi connectivity index (χ0n) is 12.0. The number of rotatable bonds is 8. The predicted molar refractivity (Wildman–Crippen MR) is 75.1 cm³/mol. The topological polar surface area (TPSA) is 58.6 Å². The van der Waals surface area contributed by atoms with Crippen molar-refractivity contribution in [1.82, 2.24) is 5.32 Å². The van der Waals surface area contributed by atoms with Gasteiger partial charge in [0.25, 0.3) is 5.91 Å². The van der Waals surface area contributed by atoms with Crippen molar-refractivity contribution in [1.29, 1.82) is 0 Å². The fourth-order valence-corrected chi connectivity index (χ4v) is 1.67. The van der Waals surface area contributed by atoms with Crippen LogP contribution in [0.1, 0.15) is 33.1 Å². The molecule has 1 aromatic carbocycles. The summed E-state index contributed by atoms with van der Waals surface area (Å²) in [5.74, 6) is -0.110. The van der Waals surface area contributed by atoms with E-state index < -0.39 is 5.60 Å². The third-order valence-corrected chi connectivity index (χ3v) is 2.85. The molecule has 1 amide bonds. The maximum absolute atomic E-state index is 12.8. The second-order valence-electron chi connectivity index (χ2n) is 5.11. The number of carbonyl (C=O) groups is 1. The molecule has 20 heavy (non-hydrogen) atoms. The van der Waals surface area contributed by atoms with Crippen molar-refractivity contribution in [2.75, 3.05) is 13.2 Å². The number of benzene rings is 1. The second kappa shape index (κ2) is 7.85. The van der Waals surface area contributed by atoms with Crippen molar-refractivity contribution in [3.63, 3.8) is 0 Å². The van der Waals surface area contributed by atoms with Crippen LogP contribution < -0.4 is 10.1 Å². The Kier molecular flexibility index (Phi) is 6.45. The van der Waals surface area contributed by atoms with Crippen molar-refractivity contribution in [2.24, 2.45) is 0 Å². The molecule has 1 aromatic rings. The third-order valence-electron chi connectivity index (χ3n) is 2.85. The van der Waals surface area contributed by atoms with Crippen molar-refractivity contribution >= 4 is 5.91 Å². The van der Waals surface area contributed by atoms with Gasteiger partial charge in [-0.2, -0.15) is 0 Å². The standard InChI is InChI=1S/C15H22FNO3/c1-15(2,14(19)17-10-4-3-5-11-18)20-13-8-6-12(16)7-9-13/h6-9,18H,3-5,10-11H2,1-2H3,(H,17,19). The highest BCUT2D eigenvalue weighted by Crippen LogP contribution is 2.18. The van der Waals surface area contributed by atoms with E-state index in [4.69, 9.17) is 9.84 Å². The summed E-state index contributed by atoms with van der Waals surface area (Å²) in [5, 5.41) is 11.4. The quantitative estimate of drug-likeness (QED) is 0.719. The highest BCUT2D eigenvalue weighted by atomic mass is 19.1. The highest BCUT2D eigenvalue weighted by molar-refractivity contribution is 5.84. The first-order valence-corrected chi connectivity index (χ1v) is 6.79. The molecule has 0 saturated carbocycles. The van der Waals surface area contributed by atoms with E-state index in [1.807, 2.05) is 0 Å². The van der Waals surface area contributed by atoms with Gasteiger partial charge in [0.05, 0.1) is 0 Å². The summed E-state index contributed by atoms with van der Waals surface area (Å²) in [5.41, 5.74) is -1.02. The fraction of sp³-hybridized carbons (Fsp3) is 0.533. The van der Waals surface area contributed by atoms with E-state index in [0.717, 1.165) is 19.3 Å². The van der Waals surface area contributed by atoms with E-state index in [1.165, 1.54) is 24.3 Å². The lowest BCUT2D eigenvalue weighted by atomic mass is 10.1. The zero-order valence-corrected chi connectivity index (χ0v) is 12.0. The van der Waals surface area contributed by atoms with Gasteiger partial charge in [-0.15, -0.1) is 0 Å². The van der Waals surface area contributed by atoms with E-state index in [2.05, 4.69) is 5.32 Å². The number of hydrogen-bond acceptors (Lipinski definition) is 3. The monoisotopic (exact) mass is 283 g/mol. The average molecular weight is 283 g/mol. The Hall–Kier alpha value is -1.62. The van der Waals surface area contributed by atoms with Crippen LogP contribution in [-0.2, 0) is 4.79 Å². The van der Waals surface area contributed by atoms with Gasteiger partial charge in [-0.25, -0.2) is 4.39 Å². The fourth-order valence-electron chi connectivity index (χ4n) is 1.67. The number of nitrogens with one attached hydrogen (secondary N) is 1. The minimum Gasteiger partial charge on any atom is -0.478 e. The maximum atomic E-state index is 12.8. The van der Waals surface area contributed by atoms with Gasteiger partial charge in [-0.1, -0.05) is 0 Å². The van der Waals surface area contributed by atoms with Crippen LogP contribution in [0.5, 0.6) is 5.75 Å². The predicted octanol–water partition coefficient (Wildman–Crippen LogP) is 2.26. The Morgan fingerprint density at radius 3 is 2.50 bits per heavy atom. The Morgan fingerprint density at radius 2 is 1.90 bits per heavy atom. The first-order chi connectivity index (χ1) is 9.45. The van der Waals surface area contributed by atoms with Crippen LogP contribution in [0, 0.1) is 5.82 Å². The molecule has 4 nitrogen and oxygen atoms in total. The molecule has 112 valence electrons. The number of ether oxygens (including phenoxy) is 1. The molecular formula is C15H22FNO3. The molecular weight excluding hydrogens is 261 g/mol. The summed E-state index contributed by atoms with van der Waals surface area (Å²) in [6.45, 7) is 4.06. The number of aliphatic hydroxyl groups excluding tert-OH is 1. The molecule has 0 spiro atoms. The number of carbonyl (C=O) groups excluding carboxylic acids is 1. The molecule has 5 heteroatoms. The summed E-state index contributed by atoms with van der Waals surface area (Å²) in [4.78, 5) is 12.0. The van der Waals surface area contributed by atoms with Gasteiger partial charge in [0.15, 0.2) is 5.60 Å². The maximum Gasteiger partial charge on any atom is 0.263 e. The molecule has 0 aliphatic heterocycles. The summed E-state index contributed by atoms with van der Waals surface area (Å²) in [6.07, 6.45) is 2.43. The van der Waals surface area contributed by atoms with E-state index in [-0.39, 0.29) is 18.3 Å². The van der Waals surface area contributed by atoms with Gasteiger partial charge in [-0.3, -0.25) is 4.79 Å². The van der Waals surface area contributed by atoms with Gasteiger partial charge >= 0.3 is 0 Å². The molecule has 0 fully saturated rings. The average Bonchev–Trinajstić information content (AvgIpc) is 2.40. The van der Waals surface area contributed by atoms with E-state index >= 15 is 0 Å². The third kappa shape index (κ3) is 5.57. The molecule has 0 unspecified atom stereocenters. The molecule has 0 aromatic heterocycles. The summed E-state index contributed by atoms with van der Waals surface area (Å²) < 4.78 is 18.4. The Balaban J connectivity index is 2.42. The lowest BCUT2D eigenvalue weighted by molar-refractivity contribution is -0.134. The summed E-state index contributed by atoms with van der Waals surface area (Å²) >= 11 is 0. The van der Waals surface area contributed by atoms with Crippen molar-refractivity contribution in [3.05, 3.63) is 30.1 Å². The lowest BCUT2D eigenvalue weighted by Gasteiger charge is -2.25. The Bertz CT molecular complexity index is 418. The van der Waals surface area contributed by atoms with E-state index in [0.29, 0.717) is 12.3 Å². The SMILES string of the molecule is CC(C)(Oc1ccc(F)cc1)C(=O)NCCCCCO. The number of hydrogen-bond donors (Lipinski definition) is 2. The largest absolute Gasteiger partial charge is 0.478 e. The summed E-state index contributed by atoms with van der Waals surface area (Å²) in [7, 11) is 0. The van der Waals surface area contributed by atoms with Gasteiger partial charge in [0.1, 0.15) is 11.6 Å². The van der Waals surface area contributed by atoms with Crippen molar-refractivity contribution < 1.29 is 19.0 Å². The van der Waals surface area contributed by atoms with Crippen LogP contribution in [0.15, 0.2) is 24.3 Å². The van der Waals surface area contributed by atoms with Crippen LogP contribution in [0.2, 0.25) is 0 Å². The minimum atomic E-state index is -1.02. The number of amides is 1. The molecule has 0 aliphatic carbocycles. The second-order valence-corrected chi connectivity index (χ2v) is 5.11. The lowest BCUT2D eigenvalue weighted by Crippen LogP contribution is -2.46. The molecule has 0 heterocycles. The van der Waals surface area contributed by atoms with Crippen molar-refractivity contribution in [3.8, 4) is 5.75 Å². The van der Waals surface area contributed by atoms with Gasteiger partial charge < -0.3 is 15.2 Å². The first-order valence-electron chi connectivity index (χ1n) is 6.79. The molecule has 0 radical (unpaired) electrons. The van der Waals surface area contributed by atoms with Gasteiger partial charge in [-0.05, 0) is 57.4 Å². The number of halogens is 1. The smallest absolute Gasteiger partial charge is 0.263 e. The Labute approximate surface area is 119 Å². The van der Waals surface area contributed by atoms with E-state index in [1.54, 1.807) is 13.8 Å². The Morgan fingerprint density at radius 1 is 1.25 bits per heavy atom. The van der Waals surface area contributed by atoms with Crippen molar-refractivity contribution in [2.45, 2.75) is 38.7 Å². The first kappa shape index (κ1) is 16.4. The minimum absolute atomic E-state index is 0.174. The molecule has 2 N–H and O–H groups in total. The highest BCUT2D eigenvalue weighted by Gasteiger charge is 2.29. The zero-order chi connectivity index (χ0) is 15.0. The van der Waals surface area contributed by atoms with Gasteiger partial charge in [0.2, 0.25) is 0 Å². The van der Waals surface area contributed by atoms with Crippen LogP contribution in [0.25, 0.3) is 0 Å². The van der Waals surface area contributed by atoms with Crippen LogP contribution >= 0.6 is 0 Å². The number of aliphatic hydroxyl groups is 1. The van der Waals surface area contributed by atoms with Gasteiger partial charge in [0, 0.05) is 13.2 Å². The van der Waals surface area contributed by atoms with Crippen LogP contribution in [-0.4, -0.2) is 29.8 Å².